The first-order valence-electron chi connectivity index (χ1n) is 25.7. The molecule has 340 valence electrons. The molecular formula is C64H66BN3. The molecule has 1 aromatic heterocycles. The molecule has 68 heavy (non-hydrogen) atoms. The Labute approximate surface area is 405 Å². The number of hydrogen-bond acceptors (Lipinski definition) is 2. The molecule has 3 aliphatic carbocycles. The highest BCUT2D eigenvalue weighted by molar-refractivity contribution is 7.00. The van der Waals surface area contributed by atoms with Gasteiger partial charge in [0, 0.05) is 56.2 Å². The summed E-state index contributed by atoms with van der Waals surface area (Å²) < 4.78 is 2.79. The Morgan fingerprint density at radius 2 is 1.25 bits per heavy atom. The minimum absolute atomic E-state index is 0.0193. The van der Waals surface area contributed by atoms with Gasteiger partial charge in [0.25, 0.3) is 6.71 Å². The third-order valence-corrected chi connectivity index (χ3v) is 17.9. The van der Waals surface area contributed by atoms with E-state index in [1.807, 2.05) is 0 Å². The summed E-state index contributed by atoms with van der Waals surface area (Å²) >= 11 is 0. The number of rotatable bonds is 3. The van der Waals surface area contributed by atoms with E-state index < -0.39 is 0 Å². The van der Waals surface area contributed by atoms with E-state index in [2.05, 4.69) is 224 Å². The van der Waals surface area contributed by atoms with Crippen molar-refractivity contribution < 1.29 is 0 Å². The Bertz CT molecular complexity index is 3300. The molecule has 4 heteroatoms. The molecule has 6 aromatic carbocycles. The lowest BCUT2D eigenvalue weighted by Gasteiger charge is -2.52. The molecule has 7 aromatic rings. The molecule has 0 spiro atoms. The van der Waals surface area contributed by atoms with Crippen LogP contribution < -0.4 is 26.2 Å². The monoisotopic (exact) mass is 888 g/mol. The number of benzene rings is 6. The van der Waals surface area contributed by atoms with Gasteiger partial charge in [0.05, 0.1) is 16.9 Å². The Kier molecular flexibility index (Phi) is 8.57. The summed E-state index contributed by atoms with van der Waals surface area (Å²) in [5, 5.41) is 1.43. The normalized spacial score (nSPS) is 21.7. The van der Waals surface area contributed by atoms with Crippen LogP contribution >= 0.6 is 0 Å². The zero-order chi connectivity index (χ0) is 47.0. The molecule has 0 saturated heterocycles. The van der Waals surface area contributed by atoms with Gasteiger partial charge in [0.2, 0.25) is 0 Å². The summed E-state index contributed by atoms with van der Waals surface area (Å²) in [5.74, 6) is 0.278. The van der Waals surface area contributed by atoms with Crippen molar-refractivity contribution in [1.82, 2.24) is 4.57 Å². The van der Waals surface area contributed by atoms with Gasteiger partial charge in [-0.2, -0.15) is 0 Å². The predicted molar refractivity (Wildman–Crippen MR) is 291 cm³/mol. The fraction of sp³-hybridized carbons (Fsp3) is 0.344. The van der Waals surface area contributed by atoms with Crippen LogP contribution in [0.15, 0.2) is 133 Å². The van der Waals surface area contributed by atoms with Crippen molar-refractivity contribution in [3.8, 4) is 16.9 Å². The van der Waals surface area contributed by atoms with Crippen LogP contribution in [0.1, 0.15) is 148 Å². The number of fused-ring (bicyclic) bond motifs is 15. The van der Waals surface area contributed by atoms with Gasteiger partial charge in [-0.05, 0) is 140 Å². The number of para-hydroxylation sites is 1. The second kappa shape index (κ2) is 13.8. The number of aromatic nitrogens is 1. The fourth-order valence-electron chi connectivity index (χ4n) is 14.1. The topological polar surface area (TPSA) is 11.4 Å². The largest absolute Gasteiger partial charge is 0.335 e. The van der Waals surface area contributed by atoms with E-state index in [1.165, 1.54) is 132 Å². The molecule has 3 atom stereocenters. The van der Waals surface area contributed by atoms with Crippen LogP contribution in [0.2, 0.25) is 0 Å². The van der Waals surface area contributed by atoms with Crippen LogP contribution in [0, 0.1) is 0 Å². The van der Waals surface area contributed by atoms with Crippen LogP contribution in [0.25, 0.3) is 33.4 Å². The summed E-state index contributed by atoms with van der Waals surface area (Å²) in [4.78, 5) is 5.47. The van der Waals surface area contributed by atoms with Crippen LogP contribution in [0.3, 0.4) is 0 Å². The van der Waals surface area contributed by atoms with Gasteiger partial charge in [-0.25, -0.2) is 0 Å². The third kappa shape index (κ3) is 5.55. The summed E-state index contributed by atoms with van der Waals surface area (Å²) in [6, 6.07) is 46.1. The predicted octanol–water partition coefficient (Wildman–Crippen LogP) is 15.0. The molecule has 0 radical (unpaired) electrons. The van der Waals surface area contributed by atoms with Gasteiger partial charge >= 0.3 is 0 Å². The average molecular weight is 888 g/mol. The lowest BCUT2D eigenvalue weighted by atomic mass is 9.33. The molecule has 0 N–H and O–H groups in total. The standard InChI is InChI=1S/C64H66BN3/c1-60(2,3)39-25-29-42(30-26-39)66(43-31-27-40(28-32-43)61(4,5)6)44-37-53-56-54(38-44)68-59-50(63(10)33-16-17-34-64(63,68)11)23-18-24-51(59)65(56)52-36-41(62(7,8)9)35-49-55-47-21-14-12-19-45(47)46-20-13-15-22-48(46)58(55)67(53)57(49)52/h12-15,18-20,22-32,35-38,47H,16-17,21,33-34H2,1-11H3. The zero-order valence-electron chi connectivity index (χ0n) is 42.2. The first-order valence-corrected chi connectivity index (χ1v) is 25.7. The number of anilines is 5. The highest BCUT2D eigenvalue weighted by Crippen LogP contribution is 2.62. The van der Waals surface area contributed by atoms with Crippen molar-refractivity contribution in [1.29, 1.82) is 0 Å². The summed E-state index contributed by atoms with van der Waals surface area (Å²) in [7, 11) is 0. The first-order chi connectivity index (χ1) is 32.4. The Morgan fingerprint density at radius 1 is 0.618 bits per heavy atom. The van der Waals surface area contributed by atoms with Gasteiger partial charge in [-0.3, -0.25) is 0 Å². The van der Waals surface area contributed by atoms with Gasteiger partial charge in [-0.1, -0.05) is 173 Å². The highest BCUT2D eigenvalue weighted by atomic mass is 15.3. The lowest BCUT2D eigenvalue weighted by Crippen LogP contribution is -2.64. The van der Waals surface area contributed by atoms with E-state index >= 15 is 0 Å². The Balaban J connectivity index is 1.19. The smallest absolute Gasteiger partial charge is 0.252 e. The van der Waals surface area contributed by atoms with E-state index in [0.29, 0.717) is 0 Å². The van der Waals surface area contributed by atoms with Gasteiger partial charge in [-0.15, -0.1) is 0 Å². The average Bonchev–Trinajstić information content (AvgIpc) is 3.77. The maximum atomic E-state index is 2.91. The molecule has 3 unspecified atom stereocenters. The maximum Gasteiger partial charge on any atom is 0.252 e. The Hall–Kier alpha value is -6.00. The van der Waals surface area contributed by atoms with E-state index in [4.69, 9.17) is 0 Å². The molecule has 6 aliphatic rings. The van der Waals surface area contributed by atoms with Gasteiger partial charge in [0.15, 0.2) is 0 Å². The summed E-state index contributed by atoms with van der Waals surface area (Å²) in [6.45, 7) is 26.5. The highest BCUT2D eigenvalue weighted by Gasteiger charge is 2.61. The van der Waals surface area contributed by atoms with E-state index in [-0.39, 0.29) is 39.8 Å². The number of hydrogen-bond donors (Lipinski definition) is 0. The maximum absolute atomic E-state index is 2.91. The molecule has 4 heterocycles. The van der Waals surface area contributed by atoms with Crippen LogP contribution in [0.5, 0.6) is 0 Å². The number of nitrogens with zero attached hydrogens (tertiary/aromatic N) is 3. The van der Waals surface area contributed by atoms with Gasteiger partial charge < -0.3 is 14.4 Å². The fourth-order valence-corrected chi connectivity index (χ4v) is 14.1. The van der Waals surface area contributed by atoms with Gasteiger partial charge in [0.1, 0.15) is 0 Å². The van der Waals surface area contributed by atoms with Crippen molar-refractivity contribution in [2.24, 2.45) is 0 Å². The van der Waals surface area contributed by atoms with Crippen molar-refractivity contribution in [3.05, 3.63) is 167 Å². The van der Waals surface area contributed by atoms with E-state index in [0.717, 1.165) is 6.42 Å². The van der Waals surface area contributed by atoms with Crippen molar-refractivity contribution >= 4 is 68.0 Å². The van der Waals surface area contributed by atoms with Crippen LogP contribution in [-0.2, 0) is 21.7 Å². The summed E-state index contributed by atoms with van der Waals surface area (Å²) in [5.41, 5.74) is 26.2. The second-order valence-electron chi connectivity index (χ2n) is 24.8. The van der Waals surface area contributed by atoms with Crippen molar-refractivity contribution in [2.45, 2.75) is 141 Å². The third-order valence-electron chi connectivity index (χ3n) is 17.9. The first kappa shape index (κ1) is 42.1. The minimum Gasteiger partial charge on any atom is -0.335 e. The molecule has 0 amide bonds. The van der Waals surface area contributed by atoms with E-state index in [1.54, 1.807) is 5.56 Å². The molecule has 1 saturated carbocycles. The molecule has 13 rings (SSSR count). The van der Waals surface area contributed by atoms with E-state index in [9.17, 15) is 0 Å². The molecule has 3 nitrogen and oxygen atoms in total. The summed E-state index contributed by atoms with van der Waals surface area (Å²) in [6.07, 6.45) is 13.0. The SMILES string of the molecule is CC(C)(C)c1ccc(N(c2ccc(C(C)(C)C)cc2)c2cc3c4c(c2)-n2c5c(c6cc(C(C)(C)C)cc(c62)B4c2cccc4c2N3C2(C)CCCCC42C)C2CC=CC=C2c2ccccc2-5)cc1. The molecule has 1 fully saturated rings. The minimum atomic E-state index is -0.0890. The molecular weight excluding hydrogens is 822 g/mol. The quantitative estimate of drug-likeness (QED) is 0.164. The van der Waals surface area contributed by atoms with Crippen molar-refractivity contribution in [2.75, 3.05) is 9.80 Å². The van der Waals surface area contributed by atoms with Crippen molar-refractivity contribution in [3.63, 3.8) is 0 Å². The number of allylic oxidation sites excluding steroid dienone is 4. The lowest BCUT2D eigenvalue weighted by molar-refractivity contribution is 0.195. The van der Waals surface area contributed by atoms with Crippen LogP contribution in [0.4, 0.5) is 28.4 Å². The van der Waals surface area contributed by atoms with Crippen LogP contribution in [-0.4, -0.2) is 16.8 Å². The molecule has 3 aliphatic heterocycles. The zero-order valence-corrected chi connectivity index (χ0v) is 42.2. The Morgan fingerprint density at radius 3 is 1.91 bits per heavy atom. The second-order valence-corrected chi connectivity index (χ2v) is 24.8. The molecule has 0 bridgehead atoms.